The lowest BCUT2D eigenvalue weighted by atomic mass is 9.66. The highest BCUT2D eigenvalue weighted by atomic mass is 16.5. The Bertz CT molecular complexity index is 232. The fourth-order valence-corrected chi connectivity index (χ4v) is 2.15. The molecule has 1 fully saturated rings. The molecule has 1 amide bonds. The summed E-state index contributed by atoms with van der Waals surface area (Å²) in [5.41, 5.74) is 5.84. The van der Waals surface area contributed by atoms with E-state index in [1.165, 1.54) is 6.42 Å². The van der Waals surface area contributed by atoms with Gasteiger partial charge in [0, 0.05) is 19.6 Å². The first-order valence-electron chi connectivity index (χ1n) is 6.66. The smallest absolute Gasteiger partial charge is 0.220 e. The van der Waals surface area contributed by atoms with Crippen LogP contribution >= 0.6 is 0 Å². The highest BCUT2D eigenvalue weighted by molar-refractivity contribution is 5.76. The molecule has 0 saturated heterocycles. The zero-order valence-corrected chi connectivity index (χ0v) is 11.1. The van der Waals surface area contributed by atoms with E-state index in [4.69, 9.17) is 10.5 Å². The molecule has 1 aliphatic carbocycles. The first-order valence-corrected chi connectivity index (χ1v) is 6.66. The van der Waals surface area contributed by atoms with E-state index >= 15 is 0 Å². The van der Waals surface area contributed by atoms with E-state index in [0.29, 0.717) is 26.1 Å². The van der Waals surface area contributed by atoms with Crippen molar-refractivity contribution in [1.82, 2.24) is 5.32 Å². The van der Waals surface area contributed by atoms with Crippen LogP contribution in [0.2, 0.25) is 0 Å². The van der Waals surface area contributed by atoms with E-state index in [1.807, 2.05) is 13.8 Å². The molecule has 1 saturated carbocycles. The van der Waals surface area contributed by atoms with Crippen molar-refractivity contribution < 1.29 is 9.53 Å². The van der Waals surface area contributed by atoms with Gasteiger partial charge in [0.1, 0.15) is 0 Å². The normalized spacial score (nSPS) is 17.9. The molecule has 4 heteroatoms. The van der Waals surface area contributed by atoms with Crippen molar-refractivity contribution >= 4 is 5.91 Å². The summed E-state index contributed by atoms with van der Waals surface area (Å²) in [6.45, 7) is 6.07. The van der Waals surface area contributed by atoms with Gasteiger partial charge in [0.15, 0.2) is 0 Å². The summed E-state index contributed by atoms with van der Waals surface area (Å²) in [5, 5.41) is 2.94. The van der Waals surface area contributed by atoms with Crippen LogP contribution in [0.5, 0.6) is 0 Å². The predicted octanol–water partition coefficient (Wildman–Crippen LogP) is 1.44. The van der Waals surface area contributed by atoms with Crippen molar-refractivity contribution in [3.05, 3.63) is 0 Å². The first kappa shape index (κ1) is 14.5. The second kappa shape index (κ2) is 6.97. The number of carbonyl (C=O) groups is 1. The molecule has 0 unspecified atom stereocenters. The SMILES string of the molecule is CC(C)OCCCNC(=O)CC1(CN)CCC1. The van der Waals surface area contributed by atoms with Gasteiger partial charge in [-0.3, -0.25) is 4.79 Å². The first-order chi connectivity index (χ1) is 8.08. The van der Waals surface area contributed by atoms with Gasteiger partial charge in [-0.15, -0.1) is 0 Å². The Hall–Kier alpha value is -0.610. The largest absolute Gasteiger partial charge is 0.379 e. The quantitative estimate of drug-likeness (QED) is 0.633. The standard InChI is InChI=1S/C13H26N2O2/c1-11(2)17-8-4-7-15-12(16)9-13(10-14)5-3-6-13/h11H,3-10,14H2,1-2H3,(H,15,16). The second-order valence-electron chi connectivity index (χ2n) is 5.36. The zero-order valence-electron chi connectivity index (χ0n) is 11.1. The fourth-order valence-electron chi connectivity index (χ4n) is 2.15. The van der Waals surface area contributed by atoms with Crippen LogP contribution in [0.3, 0.4) is 0 Å². The van der Waals surface area contributed by atoms with Crippen molar-refractivity contribution in [2.75, 3.05) is 19.7 Å². The van der Waals surface area contributed by atoms with E-state index in [1.54, 1.807) is 0 Å². The van der Waals surface area contributed by atoms with Crippen LogP contribution in [0.15, 0.2) is 0 Å². The van der Waals surface area contributed by atoms with Gasteiger partial charge >= 0.3 is 0 Å². The number of nitrogens with two attached hydrogens (primary N) is 1. The Morgan fingerprint density at radius 3 is 2.65 bits per heavy atom. The summed E-state index contributed by atoms with van der Waals surface area (Å²) in [5.74, 6) is 0.139. The van der Waals surface area contributed by atoms with E-state index in [2.05, 4.69) is 5.32 Å². The molecular weight excluding hydrogens is 216 g/mol. The molecule has 4 nitrogen and oxygen atoms in total. The molecule has 0 bridgehead atoms. The van der Waals surface area contributed by atoms with Crippen LogP contribution in [0.25, 0.3) is 0 Å². The van der Waals surface area contributed by atoms with Crippen LogP contribution < -0.4 is 11.1 Å². The minimum absolute atomic E-state index is 0.110. The molecule has 0 spiro atoms. The maximum absolute atomic E-state index is 11.7. The number of nitrogens with one attached hydrogen (secondary N) is 1. The van der Waals surface area contributed by atoms with Gasteiger partial charge in [-0.25, -0.2) is 0 Å². The Kier molecular flexibility index (Phi) is 5.92. The Balaban J connectivity index is 2.05. The number of ether oxygens (including phenoxy) is 1. The summed E-state index contributed by atoms with van der Waals surface area (Å²) in [6, 6.07) is 0. The van der Waals surface area contributed by atoms with Gasteiger partial charge in [0.2, 0.25) is 5.91 Å². The maximum Gasteiger partial charge on any atom is 0.220 e. The highest BCUT2D eigenvalue weighted by Gasteiger charge is 2.37. The topological polar surface area (TPSA) is 64.3 Å². The number of hydrogen-bond donors (Lipinski definition) is 2. The highest BCUT2D eigenvalue weighted by Crippen LogP contribution is 2.42. The minimum Gasteiger partial charge on any atom is -0.379 e. The monoisotopic (exact) mass is 242 g/mol. The molecule has 1 rings (SSSR count). The lowest BCUT2D eigenvalue weighted by Crippen LogP contribution is -2.42. The van der Waals surface area contributed by atoms with Gasteiger partial charge in [-0.1, -0.05) is 6.42 Å². The van der Waals surface area contributed by atoms with Gasteiger partial charge in [0.25, 0.3) is 0 Å². The van der Waals surface area contributed by atoms with Crippen LogP contribution in [-0.4, -0.2) is 31.7 Å². The molecule has 0 aromatic rings. The van der Waals surface area contributed by atoms with Gasteiger partial charge in [-0.05, 0) is 45.1 Å². The van der Waals surface area contributed by atoms with Crippen LogP contribution in [0.4, 0.5) is 0 Å². The molecule has 100 valence electrons. The second-order valence-corrected chi connectivity index (χ2v) is 5.36. The molecule has 0 aliphatic heterocycles. The van der Waals surface area contributed by atoms with E-state index < -0.39 is 0 Å². The molecule has 0 aromatic carbocycles. The molecular formula is C13H26N2O2. The van der Waals surface area contributed by atoms with E-state index in [-0.39, 0.29) is 17.4 Å². The molecule has 1 aliphatic rings. The van der Waals surface area contributed by atoms with Crippen molar-refractivity contribution in [2.24, 2.45) is 11.1 Å². The third-order valence-corrected chi connectivity index (χ3v) is 3.48. The third-order valence-electron chi connectivity index (χ3n) is 3.48. The van der Waals surface area contributed by atoms with Gasteiger partial charge < -0.3 is 15.8 Å². The fraction of sp³-hybridized carbons (Fsp3) is 0.923. The molecule has 17 heavy (non-hydrogen) atoms. The van der Waals surface area contributed by atoms with Crippen molar-refractivity contribution in [3.8, 4) is 0 Å². The van der Waals surface area contributed by atoms with E-state index in [0.717, 1.165) is 19.3 Å². The van der Waals surface area contributed by atoms with Crippen LogP contribution in [0, 0.1) is 5.41 Å². The van der Waals surface area contributed by atoms with Gasteiger partial charge in [0.05, 0.1) is 6.10 Å². The van der Waals surface area contributed by atoms with Crippen LogP contribution in [-0.2, 0) is 9.53 Å². The number of amides is 1. The summed E-state index contributed by atoms with van der Waals surface area (Å²) in [4.78, 5) is 11.7. The van der Waals surface area contributed by atoms with Crippen molar-refractivity contribution in [3.63, 3.8) is 0 Å². The number of rotatable bonds is 8. The summed E-state index contributed by atoms with van der Waals surface area (Å²) >= 11 is 0. The van der Waals surface area contributed by atoms with E-state index in [9.17, 15) is 4.79 Å². The lowest BCUT2D eigenvalue weighted by molar-refractivity contribution is -0.124. The average Bonchev–Trinajstić information content (AvgIpc) is 2.22. The predicted molar refractivity (Wildman–Crippen MR) is 68.7 cm³/mol. The summed E-state index contributed by atoms with van der Waals surface area (Å²) in [7, 11) is 0. The molecule has 0 atom stereocenters. The Morgan fingerprint density at radius 1 is 1.47 bits per heavy atom. The molecule has 0 aromatic heterocycles. The Labute approximate surface area is 104 Å². The number of carbonyl (C=O) groups excluding carboxylic acids is 1. The minimum atomic E-state index is 0.110. The average molecular weight is 242 g/mol. The zero-order chi connectivity index (χ0) is 12.7. The third kappa shape index (κ3) is 5.04. The van der Waals surface area contributed by atoms with Crippen LogP contribution in [0.1, 0.15) is 46.0 Å². The van der Waals surface area contributed by atoms with Gasteiger partial charge in [-0.2, -0.15) is 0 Å². The summed E-state index contributed by atoms with van der Waals surface area (Å²) < 4.78 is 5.41. The molecule has 0 radical (unpaired) electrons. The maximum atomic E-state index is 11.7. The Morgan fingerprint density at radius 2 is 2.18 bits per heavy atom. The number of hydrogen-bond acceptors (Lipinski definition) is 3. The summed E-state index contributed by atoms with van der Waals surface area (Å²) in [6.07, 6.45) is 5.16. The van der Waals surface area contributed by atoms with Crippen molar-refractivity contribution in [1.29, 1.82) is 0 Å². The molecule has 3 N–H and O–H groups in total. The van der Waals surface area contributed by atoms with Crippen molar-refractivity contribution in [2.45, 2.75) is 52.1 Å². The lowest BCUT2D eigenvalue weighted by Gasteiger charge is -2.40. The molecule has 0 heterocycles.